The van der Waals surface area contributed by atoms with Crippen molar-refractivity contribution in [3.05, 3.63) is 20.8 Å². The molecule has 2 heterocycles. The first-order chi connectivity index (χ1) is 8.93. The second kappa shape index (κ2) is 5.93. The van der Waals surface area contributed by atoms with E-state index in [1.165, 1.54) is 11.3 Å². The Morgan fingerprint density at radius 1 is 1.53 bits per heavy atom. The van der Waals surface area contributed by atoms with Crippen molar-refractivity contribution in [2.24, 2.45) is 0 Å². The van der Waals surface area contributed by atoms with Crippen LogP contribution in [0.5, 0.6) is 0 Å². The second-order valence-corrected chi connectivity index (χ2v) is 9.35. The molecule has 0 aromatic carbocycles. The number of carbonyl (C=O) groups is 1. The van der Waals surface area contributed by atoms with Crippen molar-refractivity contribution in [3.63, 3.8) is 0 Å². The fraction of sp³-hybridized carbons (Fsp3) is 0.583. The van der Waals surface area contributed by atoms with Crippen LogP contribution in [0.3, 0.4) is 0 Å². The normalized spacial score (nSPS) is 21.5. The van der Waals surface area contributed by atoms with Gasteiger partial charge in [0.25, 0.3) is 5.91 Å². The lowest BCUT2D eigenvalue weighted by molar-refractivity contribution is 0.0702. The van der Waals surface area contributed by atoms with Gasteiger partial charge in [-0.3, -0.25) is 4.79 Å². The van der Waals surface area contributed by atoms with Crippen molar-refractivity contribution in [1.82, 2.24) is 4.90 Å². The van der Waals surface area contributed by atoms with Crippen LogP contribution in [0.25, 0.3) is 0 Å². The number of sulfone groups is 1. The first-order valence-corrected chi connectivity index (χ1v) is 9.63. The third kappa shape index (κ3) is 3.58. The minimum Gasteiger partial charge on any atom is -0.334 e. The molecule has 1 amide bonds. The summed E-state index contributed by atoms with van der Waals surface area (Å²) in [7, 11) is -2.97. The van der Waals surface area contributed by atoms with E-state index in [9.17, 15) is 13.2 Å². The molecule has 1 aromatic rings. The van der Waals surface area contributed by atoms with Gasteiger partial charge in [-0.15, -0.1) is 11.3 Å². The molecule has 1 atom stereocenters. The van der Waals surface area contributed by atoms with E-state index in [1.807, 2.05) is 13.0 Å². The lowest BCUT2D eigenvalue weighted by atomic mass is 10.2. The van der Waals surface area contributed by atoms with Crippen LogP contribution < -0.4 is 0 Å². The van der Waals surface area contributed by atoms with Crippen molar-refractivity contribution in [3.8, 4) is 0 Å². The van der Waals surface area contributed by atoms with Crippen molar-refractivity contribution in [2.45, 2.75) is 25.8 Å². The molecular formula is C12H16BrNO3S2. The molecule has 0 bridgehead atoms. The molecule has 1 aromatic heterocycles. The van der Waals surface area contributed by atoms with Gasteiger partial charge in [0.1, 0.15) is 0 Å². The summed E-state index contributed by atoms with van der Waals surface area (Å²) in [5, 5.41) is 0. The molecule has 19 heavy (non-hydrogen) atoms. The number of thiophene rings is 1. The fourth-order valence-corrected chi connectivity index (χ4v) is 5.36. The largest absolute Gasteiger partial charge is 0.334 e. The maximum Gasteiger partial charge on any atom is 0.264 e. The van der Waals surface area contributed by atoms with Crippen molar-refractivity contribution in [2.75, 3.05) is 18.1 Å². The number of carbonyl (C=O) groups excluding carboxylic acids is 1. The molecular weight excluding hydrogens is 350 g/mol. The Bertz CT molecular complexity index is 567. The molecule has 0 N–H and O–H groups in total. The summed E-state index contributed by atoms with van der Waals surface area (Å²) in [6.07, 6.45) is 1.38. The number of hydrogen-bond acceptors (Lipinski definition) is 4. The van der Waals surface area contributed by atoms with E-state index in [-0.39, 0.29) is 23.5 Å². The summed E-state index contributed by atoms with van der Waals surface area (Å²) < 4.78 is 24.0. The highest BCUT2D eigenvalue weighted by Crippen LogP contribution is 2.26. The Kier molecular flexibility index (Phi) is 4.68. The van der Waals surface area contributed by atoms with Crippen molar-refractivity contribution >= 4 is 43.0 Å². The Morgan fingerprint density at radius 2 is 2.26 bits per heavy atom. The average molecular weight is 366 g/mol. The van der Waals surface area contributed by atoms with E-state index >= 15 is 0 Å². The zero-order valence-corrected chi connectivity index (χ0v) is 13.9. The molecule has 4 nitrogen and oxygen atoms in total. The second-order valence-electron chi connectivity index (χ2n) is 4.66. The van der Waals surface area contributed by atoms with Gasteiger partial charge in [0.15, 0.2) is 9.84 Å². The Hall–Kier alpha value is -0.400. The summed E-state index contributed by atoms with van der Waals surface area (Å²) in [4.78, 5) is 14.8. The smallest absolute Gasteiger partial charge is 0.264 e. The molecule has 1 aliphatic heterocycles. The summed E-state index contributed by atoms with van der Waals surface area (Å²) in [5.41, 5.74) is 0. The van der Waals surface area contributed by atoms with Crippen LogP contribution in [0, 0.1) is 0 Å². The zero-order valence-electron chi connectivity index (χ0n) is 10.6. The maximum absolute atomic E-state index is 12.5. The predicted octanol–water partition coefficient (Wildman–Crippen LogP) is 2.55. The van der Waals surface area contributed by atoms with Crippen LogP contribution in [-0.2, 0) is 9.84 Å². The van der Waals surface area contributed by atoms with E-state index in [0.29, 0.717) is 17.8 Å². The first-order valence-electron chi connectivity index (χ1n) is 6.19. The van der Waals surface area contributed by atoms with Gasteiger partial charge in [0, 0.05) is 12.6 Å². The van der Waals surface area contributed by atoms with Crippen LogP contribution in [0.1, 0.15) is 29.4 Å². The van der Waals surface area contributed by atoms with Crippen LogP contribution in [0.15, 0.2) is 15.9 Å². The van der Waals surface area contributed by atoms with Gasteiger partial charge in [0.2, 0.25) is 0 Å². The fourth-order valence-electron chi connectivity index (χ4n) is 2.28. The first kappa shape index (κ1) is 15.0. The standard InChI is InChI=1S/C12H16BrNO3S2/c1-2-6-14(9-5-7-19(16,17)8-9)12(15)10-3-4-11(13)18-10/h3-4,9H,2,5-8H2,1H3. The molecule has 0 spiro atoms. The Morgan fingerprint density at radius 3 is 2.74 bits per heavy atom. The Balaban J connectivity index is 2.18. The SMILES string of the molecule is CCCN(C(=O)c1ccc(Br)s1)C1CCS(=O)(=O)C1. The molecule has 0 radical (unpaired) electrons. The van der Waals surface area contributed by atoms with Gasteiger partial charge in [0.05, 0.1) is 20.2 Å². The molecule has 1 saturated heterocycles. The van der Waals surface area contributed by atoms with Gasteiger partial charge >= 0.3 is 0 Å². The van der Waals surface area contributed by atoms with E-state index < -0.39 is 9.84 Å². The number of nitrogens with zero attached hydrogens (tertiary/aromatic N) is 1. The van der Waals surface area contributed by atoms with E-state index in [0.717, 1.165) is 10.2 Å². The monoisotopic (exact) mass is 365 g/mol. The van der Waals surface area contributed by atoms with E-state index in [1.54, 1.807) is 11.0 Å². The lowest BCUT2D eigenvalue weighted by Gasteiger charge is -2.27. The van der Waals surface area contributed by atoms with E-state index in [4.69, 9.17) is 0 Å². The molecule has 0 saturated carbocycles. The van der Waals surface area contributed by atoms with Crippen LogP contribution in [0.2, 0.25) is 0 Å². The molecule has 7 heteroatoms. The zero-order chi connectivity index (χ0) is 14.0. The van der Waals surface area contributed by atoms with Crippen LogP contribution >= 0.6 is 27.3 Å². The average Bonchev–Trinajstić information content (AvgIpc) is 2.91. The van der Waals surface area contributed by atoms with Crippen molar-refractivity contribution in [1.29, 1.82) is 0 Å². The van der Waals surface area contributed by atoms with Gasteiger partial charge in [-0.05, 0) is 40.9 Å². The van der Waals surface area contributed by atoms with Crippen LogP contribution in [0.4, 0.5) is 0 Å². The van der Waals surface area contributed by atoms with Gasteiger partial charge in [-0.2, -0.15) is 0 Å². The van der Waals surface area contributed by atoms with Gasteiger partial charge in [-0.25, -0.2) is 8.42 Å². The van der Waals surface area contributed by atoms with Gasteiger partial charge < -0.3 is 4.90 Å². The number of hydrogen-bond donors (Lipinski definition) is 0. The highest BCUT2D eigenvalue weighted by molar-refractivity contribution is 9.11. The summed E-state index contributed by atoms with van der Waals surface area (Å²) in [6.45, 7) is 2.60. The minimum absolute atomic E-state index is 0.0559. The van der Waals surface area contributed by atoms with Crippen LogP contribution in [-0.4, -0.2) is 43.3 Å². The van der Waals surface area contributed by atoms with E-state index in [2.05, 4.69) is 15.9 Å². The Labute approximate surface area is 125 Å². The number of rotatable bonds is 4. The molecule has 0 aliphatic carbocycles. The molecule has 1 unspecified atom stereocenters. The molecule has 1 fully saturated rings. The number of amides is 1. The highest BCUT2D eigenvalue weighted by atomic mass is 79.9. The molecule has 106 valence electrons. The summed E-state index contributed by atoms with van der Waals surface area (Å²) >= 11 is 4.73. The number of halogens is 1. The quantitative estimate of drug-likeness (QED) is 0.823. The summed E-state index contributed by atoms with van der Waals surface area (Å²) in [6, 6.07) is 3.45. The molecule has 2 rings (SSSR count). The third-order valence-electron chi connectivity index (χ3n) is 3.16. The lowest BCUT2D eigenvalue weighted by Crippen LogP contribution is -2.41. The van der Waals surface area contributed by atoms with Gasteiger partial charge in [-0.1, -0.05) is 6.92 Å². The third-order valence-corrected chi connectivity index (χ3v) is 6.52. The maximum atomic E-state index is 12.5. The predicted molar refractivity (Wildman–Crippen MR) is 80.4 cm³/mol. The molecule has 1 aliphatic rings. The topological polar surface area (TPSA) is 54.5 Å². The summed E-state index contributed by atoms with van der Waals surface area (Å²) in [5.74, 6) is 0.240. The minimum atomic E-state index is -2.97. The van der Waals surface area contributed by atoms with Crippen molar-refractivity contribution < 1.29 is 13.2 Å². The highest BCUT2D eigenvalue weighted by Gasteiger charge is 2.34.